The maximum Gasteiger partial charge on any atom is 0.128 e. The van der Waals surface area contributed by atoms with Crippen LogP contribution in [0.5, 0.6) is 5.75 Å². The molecule has 0 radical (unpaired) electrons. The fourth-order valence-electron chi connectivity index (χ4n) is 2.56. The number of aryl methyl sites for hydroxylation is 1. The summed E-state index contributed by atoms with van der Waals surface area (Å²) >= 11 is 0. The van der Waals surface area contributed by atoms with E-state index in [1.165, 1.54) is 37.9 Å². The van der Waals surface area contributed by atoms with E-state index >= 15 is 0 Å². The molecule has 17 heavy (non-hydrogen) atoms. The minimum atomic E-state index is 0.961. The van der Waals surface area contributed by atoms with Gasteiger partial charge in [0.15, 0.2) is 0 Å². The lowest BCUT2D eigenvalue weighted by atomic mass is 10.1. The average molecular weight is 234 g/mol. The Bertz CT molecular complexity index is 384. The number of pyridine rings is 1. The molecule has 0 atom stereocenters. The molecule has 0 aromatic carbocycles. The Kier molecular flexibility index (Phi) is 4.00. The van der Waals surface area contributed by atoms with Gasteiger partial charge in [-0.15, -0.1) is 0 Å². The van der Waals surface area contributed by atoms with E-state index in [9.17, 15) is 0 Å². The maximum absolute atomic E-state index is 5.45. The van der Waals surface area contributed by atoms with E-state index in [0.717, 1.165) is 23.6 Å². The van der Waals surface area contributed by atoms with Crippen LogP contribution in [-0.2, 0) is 6.54 Å². The molecule has 0 bridgehead atoms. The third kappa shape index (κ3) is 2.78. The van der Waals surface area contributed by atoms with Gasteiger partial charge in [0.2, 0.25) is 0 Å². The lowest BCUT2D eigenvalue weighted by molar-refractivity contribution is 0.217. The predicted molar refractivity (Wildman–Crippen MR) is 69.4 cm³/mol. The number of likely N-dealkylation sites (tertiary alicyclic amines) is 1. The molecule has 3 heteroatoms. The van der Waals surface area contributed by atoms with Crippen molar-refractivity contribution in [3.63, 3.8) is 0 Å². The second-order valence-electron chi connectivity index (χ2n) is 4.88. The molecule has 1 aromatic heterocycles. The van der Waals surface area contributed by atoms with E-state index in [4.69, 9.17) is 4.74 Å². The molecule has 1 aromatic rings. The van der Waals surface area contributed by atoms with Gasteiger partial charge in [0.05, 0.1) is 12.8 Å². The van der Waals surface area contributed by atoms with Crippen LogP contribution in [0.1, 0.15) is 36.1 Å². The van der Waals surface area contributed by atoms with Crippen LogP contribution in [0.4, 0.5) is 0 Å². The van der Waals surface area contributed by atoms with Crippen molar-refractivity contribution in [3.05, 3.63) is 23.0 Å². The smallest absolute Gasteiger partial charge is 0.128 e. The van der Waals surface area contributed by atoms with Gasteiger partial charge in [-0.1, -0.05) is 6.42 Å². The largest absolute Gasteiger partial charge is 0.496 e. The normalized spacial score (nSPS) is 17.1. The van der Waals surface area contributed by atoms with Gasteiger partial charge < -0.3 is 4.74 Å². The van der Waals surface area contributed by atoms with E-state index in [0.29, 0.717) is 0 Å². The summed E-state index contributed by atoms with van der Waals surface area (Å²) in [7, 11) is 1.74. The van der Waals surface area contributed by atoms with Crippen molar-refractivity contribution in [3.8, 4) is 5.75 Å². The van der Waals surface area contributed by atoms with Crippen LogP contribution in [0.25, 0.3) is 0 Å². The van der Waals surface area contributed by atoms with Crippen molar-refractivity contribution < 1.29 is 4.74 Å². The second kappa shape index (κ2) is 5.50. The first-order valence-electron chi connectivity index (χ1n) is 6.44. The SMILES string of the molecule is COc1c(C)cnc(CN2CCCCC2)c1C. The Morgan fingerprint density at radius 1 is 1.24 bits per heavy atom. The van der Waals surface area contributed by atoms with Crippen LogP contribution in [0.15, 0.2) is 6.20 Å². The van der Waals surface area contributed by atoms with Crippen molar-refractivity contribution in [2.75, 3.05) is 20.2 Å². The Morgan fingerprint density at radius 3 is 2.59 bits per heavy atom. The van der Waals surface area contributed by atoms with E-state index in [-0.39, 0.29) is 0 Å². The van der Waals surface area contributed by atoms with Gasteiger partial charge in [-0.25, -0.2) is 0 Å². The van der Waals surface area contributed by atoms with Crippen LogP contribution in [0.3, 0.4) is 0 Å². The summed E-state index contributed by atoms with van der Waals surface area (Å²) in [4.78, 5) is 7.05. The van der Waals surface area contributed by atoms with Crippen LogP contribution in [0, 0.1) is 13.8 Å². The Morgan fingerprint density at radius 2 is 1.94 bits per heavy atom. The number of aromatic nitrogens is 1. The lowest BCUT2D eigenvalue weighted by Crippen LogP contribution is -2.29. The van der Waals surface area contributed by atoms with Crippen LogP contribution < -0.4 is 4.74 Å². The Labute approximate surface area is 104 Å². The molecule has 94 valence electrons. The van der Waals surface area contributed by atoms with Gasteiger partial charge in [0, 0.05) is 23.9 Å². The molecule has 0 amide bonds. The Balaban J connectivity index is 2.15. The number of rotatable bonds is 3. The van der Waals surface area contributed by atoms with Crippen LogP contribution >= 0.6 is 0 Å². The molecule has 0 saturated carbocycles. The standard InChI is InChI=1S/C14H22N2O/c1-11-9-15-13(12(2)14(11)17-3)10-16-7-5-4-6-8-16/h9H,4-8,10H2,1-3H3. The summed E-state index contributed by atoms with van der Waals surface area (Å²) in [6, 6.07) is 0. The van der Waals surface area contributed by atoms with E-state index in [1.807, 2.05) is 13.1 Å². The van der Waals surface area contributed by atoms with Gasteiger partial charge in [-0.05, 0) is 39.8 Å². The quantitative estimate of drug-likeness (QED) is 0.804. The zero-order valence-electron chi connectivity index (χ0n) is 11.1. The molecule has 0 spiro atoms. The number of hydrogen-bond acceptors (Lipinski definition) is 3. The van der Waals surface area contributed by atoms with Gasteiger partial charge in [-0.3, -0.25) is 9.88 Å². The predicted octanol–water partition coefficient (Wildman–Crippen LogP) is 2.69. The highest BCUT2D eigenvalue weighted by molar-refractivity contribution is 5.41. The molecule has 1 saturated heterocycles. The minimum absolute atomic E-state index is 0.961. The summed E-state index contributed by atoms with van der Waals surface area (Å²) in [6.07, 6.45) is 5.94. The molecule has 1 aliphatic heterocycles. The van der Waals surface area contributed by atoms with Crippen molar-refractivity contribution >= 4 is 0 Å². The summed E-state index contributed by atoms with van der Waals surface area (Å²) < 4.78 is 5.45. The monoisotopic (exact) mass is 234 g/mol. The average Bonchev–Trinajstić information content (AvgIpc) is 2.35. The zero-order valence-corrected chi connectivity index (χ0v) is 11.1. The maximum atomic E-state index is 5.45. The number of piperidine rings is 1. The summed E-state index contributed by atoms with van der Waals surface area (Å²) in [5.41, 5.74) is 3.47. The molecule has 1 fully saturated rings. The summed E-state index contributed by atoms with van der Waals surface area (Å²) in [5, 5.41) is 0. The third-order valence-corrected chi connectivity index (χ3v) is 3.57. The molecular formula is C14H22N2O. The van der Waals surface area contributed by atoms with Gasteiger partial charge in [0.25, 0.3) is 0 Å². The second-order valence-corrected chi connectivity index (χ2v) is 4.88. The molecule has 0 aliphatic carbocycles. The summed E-state index contributed by atoms with van der Waals surface area (Å²) in [6.45, 7) is 7.53. The molecule has 2 rings (SSSR count). The zero-order chi connectivity index (χ0) is 12.3. The van der Waals surface area contributed by atoms with E-state index < -0.39 is 0 Å². The topological polar surface area (TPSA) is 25.4 Å². The fraction of sp³-hybridized carbons (Fsp3) is 0.643. The molecular weight excluding hydrogens is 212 g/mol. The van der Waals surface area contributed by atoms with Crippen molar-refractivity contribution in [2.24, 2.45) is 0 Å². The molecule has 1 aliphatic rings. The molecule has 0 N–H and O–H groups in total. The van der Waals surface area contributed by atoms with Crippen molar-refractivity contribution in [2.45, 2.75) is 39.7 Å². The molecule has 2 heterocycles. The van der Waals surface area contributed by atoms with E-state index in [2.05, 4.69) is 16.8 Å². The lowest BCUT2D eigenvalue weighted by Gasteiger charge is -2.26. The molecule has 0 unspecified atom stereocenters. The van der Waals surface area contributed by atoms with Gasteiger partial charge >= 0.3 is 0 Å². The Hall–Kier alpha value is -1.09. The van der Waals surface area contributed by atoms with E-state index in [1.54, 1.807) is 7.11 Å². The number of nitrogens with zero attached hydrogens (tertiary/aromatic N) is 2. The molecule has 3 nitrogen and oxygen atoms in total. The first-order valence-corrected chi connectivity index (χ1v) is 6.44. The van der Waals surface area contributed by atoms with Gasteiger partial charge in [0.1, 0.15) is 5.75 Å². The minimum Gasteiger partial charge on any atom is -0.496 e. The highest BCUT2D eigenvalue weighted by Gasteiger charge is 2.15. The first-order chi connectivity index (χ1) is 8.22. The van der Waals surface area contributed by atoms with Gasteiger partial charge in [-0.2, -0.15) is 0 Å². The summed E-state index contributed by atoms with van der Waals surface area (Å²) in [5.74, 6) is 0.993. The number of hydrogen-bond donors (Lipinski definition) is 0. The fourth-order valence-corrected chi connectivity index (χ4v) is 2.56. The van der Waals surface area contributed by atoms with Crippen LogP contribution in [0.2, 0.25) is 0 Å². The van der Waals surface area contributed by atoms with Crippen molar-refractivity contribution in [1.29, 1.82) is 0 Å². The number of methoxy groups -OCH3 is 1. The first kappa shape index (κ1) is 12.4. The third-order valence-electron chi connectivity index (χ3n) is 3.57. The highest BCUT2D eigenvalue weighted by atomic mass is 16.5. The highest BCUT2D eigenvalue weighted by Crippen LogP contribution is 2.25. The van der Waals surface area contributed by atoms with Crippen LogP contribution in [-0.4, -0.2) is 30.1 Å². The van der Waals surface area contributed by atoms with Crippen molar-refractivity contribution in [1.82, 2.24) is 9.88 Å². The number of ether oxygens (including phenoxy) is 1.